The second-order valence-corrected chi connectivity index (χ2v) is 6.18. The first kappa shape index (κ1) is 16.0. The van der Waals surface area contributed by atoms with Gasteiger partial charge < -0.3 is 20.5 Å². The summed E-state index contributed by atoms with van der Waals surface area (Å²) in [4.78, 5) is 13.8. The Bertz CT molecular complexity index is 846. The molecule has 1 aromatic carbocycles. The van der Waals surface area contributed by atoms with Gasteiger partial charge in [-0.2, -0.15) is 4.98 Å². The summed E-state index contributed by atoms with van der Waals surface area (Å²) in [6.45, 7) is 3.97. The summed E-state index contributed by atoms with van der Waals surface area (Å²) in [6, 6.07) is 7.28. The minimum absolute atomic E-state index is 0.252. The number of anilines is 3. The molecule has 3 aromatic rings. The predicted molar refractivity (Wildman–Crippen MR) is 94.4 cm³/mol. The van der Waals surface area contributed by atoms with Crippen LogP contribution in [0.1, 0.15) is 10.6 Å². The van der Waals surface area contributed by atoms with Crippen molar-refractivity contribution < 1.29 is 9.47 Å². The molecule has 24 heavy (non-hydrogen) atoms. The molecule has 3 rings (SSSR count). The number of ether oxygens (including phenoxy) is 2. The van der Waals surface area contributed by atoms with Gasteiger partial charge in [0.1, 0.15) is 12.0 Å². The second-order valence-electron chi connectivity index (χ2n) is 4.98. The van der Waals surface area contributed by atoms with Crippen molar-refractivity contribution in [2.24, 2.45) is 0 Å². The van der Waals surface area contributed by atoms with Crippen LogP contribution in [0.5, 0.6) is 17.4 Å². The third-order valence-electron chi connectivity index (χ3n) is 3.38. The highest BCUT2D eigenvalue weighted by molar-refractivity contribution is 7.15. The number of nitrogen functional groups attached to an aromatic ring is 1. The van der Waals surface area contributed by atoms with E-state index in [0.29, 0.717) is 23.0 Å². The molecule has 0 aliphatic carbocycles. The molecule has 0 aliphatic rings. The fourth-order valence-corrected chi connectivity index (χ4v) is 2.81. The molecule has 0 bridgehead atoms. The largest absolute Gasteiger partial charge is 0.493 e. The monoisotopic (exact) mass is 343 g/mol. The van der Waals surface area contributed by atoms with Crippen LogP contribution >= 0.6 is 11.3 Å². The van der Waals surface area contributed by atoms with Crippen LogP contribution in [0, 0.1) is 13.8 Å². The summed E-state index contributed by atoms with van der Waals surface area (Å²) in [5, 5.41) is 3.83. The lowest BCUT2D eigenvalue weighted by Gasteiger charge is -2.12. The smallest absolute Gasteiger partial charge is 0.248 e. The molecule has 2 heterocycles. The first-order chi connectivity index (χ1) is 11.6. The number of hydrogen-bond donors (Lipinski definition) is 2. The van der Waals surface area contributed by atoms with Gasteiger partial charge in [0, 0.05) is 4.88 Å². The van der Waals surface area contributed by atoms with E-state index in [2.05, 4.69) is 20.3 Å². The number of thiazole rings is 1. The first-order valence-corrected chi connectivity index (χ1v) is 8.02. The van der Waals surface area contributed by atoms with Crippen molar-refractivity contribution in [2.75, 3.05) is 18.2 Å². The fraction of sp³-hybridized carbons (Fsp3) is 0.188. The van der Waals surface area contributed by atoms with Crippen LogP contribution in [0.15, 0.2) is 30.6 Å². The molecule has 0 atom stereocenters. The quantitative estimate of drug-likeness (QED) is 0.729. The second kappa shape index (κ2) is 6.71. The minimum Gasteiger partial charge on any atom is -0.493 e. The van der Waals surface area contributed by atoms with Gasteiger partial charge in [-0.3, -0.25) is 0 Å². The molecule has 0 amide bonds. The zero-order valence-electron chi connectivity index (χ0n) is 13.5. The highest BCUT2D eigenvalue weighted by atomic mass is 32.1. The van der Waals surface area contributed by atoms with E-state index >= 15 is 0 Å². The summed E-state index contributed by atoms with van der Waals surface area (Å²) in [6.07, 6.45) is 1.39. The molecule has 0 unspecified atom stereocenters. The SMILES string of the molecule is COc1ccccc1Oc1ncnc(Nc2nc(C)c(C)s2)c1N. The Balaban J connectivity index is 1.88. The van der Waals surface area contributed by atoms with Gasteiger partial charge in [-0.15, -0.1) is 11.3 Å². The van der Waals surface area contributed by atoms with Gasteiger partial charge in [-0.05, 0) is 26.0 Å². The molecule has 3 N–H and O–H groups in total. The van der Waals surface area contributed by atoms with Crippen LogP contribution in [0.4, 0.5) is 16.6 Å². The lowest BCUT2D eigenvalue weighted by Crippen LogP contribution is -2.03. The van der Waals surface area contributed by atoms with Crippen LogP contribution in [-0.2, 0) is 0 Å². The van der Waals surface area contributed by atoms with Crippen molar-refractivity contribution in [3.05, 3.63) is 41.2 Å². The van der Waals surface area contributed by atoms with E-state index in [1.807, 2.05) is 26.0 Å². The van der Waals surface area contributed by atoms with Gasteiger partial charge in [0.2, 0.25) is 5.88 Å². The molecule has 0 radical (unpaired) electrons. The maximum absolute atomic E-state index is 6.14. The van der Waals surface area contributed by atoms with E-state index in [1.165, 1.54) is 17.7 Å². The number of nitrogens with zero attached hydrogens (tertiary/aromatic N) is 3. The molecule has 0 spiro atoms. The summed E-state index contributed by atoms with van der Waals surface area (Å²) in [5.41, 5.74) is 7.41. The number of aromatic nitrogens is 3. The van der Waals surface area contributed by atoms with Gasteiger partial charge in [-0.1, -0.05) is 12.1 Å². The summed E-state index contributed by atoms with van der Waals surface area (Å²) >= 11 is 1.53. The number of rotatable bonds is 5. The average molecular weight is 343 g/mol. The van der Waals surface area contributed by atoms with Crippen molar-refractivity contribution >= 4 is 28.0 Å². The van der Waals surface area contributed by atoms with Crippen LogP contribution < -0.4 is 20.5 Å². The van der Waals surface area contributed by atoms with Crippen LogP contribution in [0.2, 0.25) is 0 Å². The lowest BCUT2D eigenvalue weighted by molar-refractivity contribution is 0.374. The molecule has 124 valence electrons. The van der Waals surface area contributed by atoms with E-state index in [0.717, 1.165) is 15.7 Å². The molecular weight excluding hydrogens is 326 g/mol. The molecule has 7 nitrogen and oxygen atoms in total. The third kappa shape index (κ3) is 3.23. The topological polar surface area (TPSA) is 95.2 Å². The zero-order chi connectivity index (χ0) is 17.1. The van der Waals surface area contributed by atoms with Crippen molar-refractivity contribution in [1.29, 1.82) is 0 Å². The maximum atomic E-state index is 6.14. The molecule has 0 saturated carbocycles. The van der Waals surface area contributed by atoms with E-state index < -0.39 is 0 Å². The minimum atomic E-state index is 0.252. The Hall–Kier alpha value is -2.87. The van der Waals surface area contributed by atoms with Crippen molar-refractivity contribution in [3.63, 3.8) is 0 Å². The van der Waals surface area contributed by atoms with Gasteiger partial charge in [-0.25, -0.2) is 9.97 Å². The van der Waals surface area contributed by atoms with Gasteiger partial charge in [0.15, 0.2) is 22.4 Å². The van der Waals surface area contributed by atoms with E-state index in [-0.39, 0.29) is 5.88 Å². The standard InChI is InChI=1S/C16H17N5O2S/c1-9-10(2)24-16(20-9)21-14-13(17)15(19-8-18-14)23-12-7-5-4-6-11(12)22-3/h4-8H,17H2,1-3H3,(H,18,19,20,21). The Labute approximate surface area is 143 Å². The predicted octanol–water partition coefficient (Wildman–Crippen LogP) is 3.68. The zero-order valence-corrected chi connectivity index (χ0v) is 14.3. The highest BCUT2D eigenvalue weighted by Gasteiger charge is 2.14. The number of hydrogen-bond acceptors (Lipinski definition) is 8. The number of methoxy groups -OCH3 is 1. The lowest BCUT2D eigenvalue weighted by atomic mass is 10.3. The van der Waals surface area contributed by atoms with Gasteiger partial charge >= 0.3 is 0 Å². The number of nitrogens with two attached hydrogens (primary N) is 1. The molecule has 0 aliphatic heterocycles. The molecular formula is C16H17N5O2S. The van der Waals surface area contributed by atoms with E-state index in [1.54, 1.807) is 19.2 Å². The Morgan fingerprint density at radius 3 is 2.54 bits per heavy atom. The van der Waals surface area contributed by atoms with Crippen LogP contribution in [0.25, 0.3) is 0 Å². The first-order valence-electron chi connectivity index (χ1n) is 7.21. The van der Waals surface area contributed by atoms with Crippen molar-refractivity contribution in [3.8, 4) is 17.4 Å². The number of nitrogens with one attached hydrogen (secondary N) is 1. The van der Waals surface area contributed by atoms with E-state index in [9.17, 15) is 0 Å². The van der Waals surface area contributed by atoms with Crippen molar-refractivity contribution in [1.82, 2.24) is 15.0 Å². The van der Waals surface area contributed by atoms with Crippen LogP contribution in [0.3, 0.4) is 0 Å². The molecule has 2 aromatic heterocycles. The highest BCUT2D eigenvalue weighted by Crippen LogP contribution is 2.35. The average Bonchev–Trinajstić information content (AvgIpc) is 2.89. The van der Waals surface area contributed by atoms with E-state index in [4.69, 9.17) is 15.2 Å². The molecule has 0 fully saturated rings. The number of benzene rings is 1. The van der Waals surface area contributed by atoms with Gasteiger partial charge in [0.05, 0.1) is 12.8 Å². The van der Waals surface area contributed by atoms with Crippen molar-refractivity contribution in [2.45, 2.75) is 13.8 Å². The molecule has 0 saturated heterocycles. The summed E-state index contributed by atoms with van der Waals surface area (Å²) in [5.74, 6) is 1.82. The Kier molecular flexibility index (Phi) is 4.48. The van der Waals surface area contributed by atoms with Crippen LogP contribution in [-0.4, -0.2) is 22.1 Å². The normalized spacial score (nSPS) is 10.5. The summed E-state index contributed by atoms with van der Waals surface area (Å²) < 4.78 is 11.0. The Morgan fingerprint density at radius 1 is 1.12 bits per heavy atom. The summed E-state index contributed by atoms with van der Waals surface area (Å²) in [7, 11) is 1.58. The molecule has 8 heteroatoms. The third-order valence-corrected chi connectivity index (χ3v) is 4.37. The number of aryl methyl sites for hydroxylation is 2. The Morgan fingerprint density at radius 2 is 1.88 bits per heavy atom. The van der Waals surface area contributed by atoms with Gasteiger partial charge in [0.25, 0.3) is 0 Å². The fourth-order valence-electron chi connectivity index (χ4n) is 2.00. The maximum Gasteiger partial charge on any atom is 0.248 e. The number of para-hydroxylation sites is 2.